The van der Waals surface area contributed by atoms with Gasteiger partial charge in [-0.15, -0.1) is 10.2 Å². The highest BCUT2D eigenvalue weighted by Gasteiger charge is 2.32. The summed E-state index contributed by atoms with van der Waals surface area (Å²) in [4.78, 5) is 11.9. The van der Waals surface area contributed by atoms with Crippen LogP contribution in [0.2, 0.25) is 5.02 Å². The van der Waals surface area contributed by atoms with Crippen molar-refractivity contribution in [3.8, 4) is 22.8 Å². The normalized spacial score (nSPS) is 19.6. The minimum absolute atomic E-state index is 0.229. The molecule has 4 heterocycles. The molecule has 0 spiro atoms. The molecular weight excluding hydrogens is 864 g/mol. The topological polar surface area (TPSA) is 195 Å². The molecule has 1 saturated heterocycles. The second-order valence-corrected chi connectivity index (χ2v) is 16.5. The van der Waals surface area contributed by atoms with Crippen LogP contribution in [0.3, 0.4) is 0 Å². The summed E-state index contributed by atoms with van der Waals surface area (Å²) in [6.45, 7) is 15.4. The zero-order valence-corrected chi connectivity index (χ0v) is 39.0. The van der Waals surface area contributed by atoms with Crippen molar-refractivity contribution in [1.82, 2.24) is 44.9 Å². The molecule has 0 radical (unpaired) electrons. The number of nitrogens with one attached hydrogen (secondary N) is 1. The van der Waals surface area contributed by atoms with Gasteiger partial charge in [-0.2, -0.15) is 0 Å². The molecule has 20 nitrogen and oxygen atoms in total. The molecule has 0 bridgehead atoms. The predicted molar refractivity (Wildman–Crippen MR) is 241 cm³/mol. The summed E-state index contributed by atoms with van der Waals surface area (Å²) < 4.78 is 60.3. The average Bonchev–Trinajstić information content (AvgIpc) is 3.97. The van der Waals surface area contributed by atoms with E-state index in [1.807, 2.05) is 29.9 Å². The van der Waals surface area contributed by atoms with E-state index in [0.29, 0.717) is 133 Å². The summed E-state index contributed by atoms with van der Waals surface area (Å²) in [5, 5.41) is 20.0. The number of benzene rings is 1. The average molecular weight is 932 g/mol. The molecule has 1 N–H and O–H groups in total. The Kier molecular flexibility index (Phi) is 21.8. The van der Waals surface area contributed by atoms with Gasteiger partial charge < -0.3 is 52.7 Å². The van der Waals surface area contributed by atoms with Crippen LogP contribution in [-0.4, -0.2) is 182 Å². The van der Waals surface area contributed by atoms with Gasteiger partial charge >= 0.3 is 0 Å². The van der Waals surface area contributed by atoms with E-state index in [-0.39, 0.29) is 24.4 Å². The summed E-state index contributed by atoms with van der Waals surface area (Å²) in [6.07, 6.45) is 11.6. The quantitative estimate of drug-likeness (QED) is 0.0669. The van der Waals surface area contributed by atoms with Crippen LogP contribution in [0.5, 0.6) is 11.6 Å². The first-order valence-corrected chi connectivity index (χ1v) is 23.1. The summed E-state index contributed by atoms with van der Waals surface area (Å²) >= 11 is 6.51. The number of aromatic nitrogens is 8. The van der Waals surface area contributed by atoms with Crippen LogP contribution in [0, 0.1) is 0 Å². The van der Waals surface area contributed by atoms with Gasteiger partial charge in [-0.3, -0.25) is 9.58 Å². The van der Waals surface area contributed by atoms with E-state index >= 15 is 0 Å². The van der Waals surface area contributed by atoms with Gasteiger partial charge in [0, 0.05) is 44.2 Å². The third-order valence-electron chi connectivity index (χ3n) is 10.8. The summed E-state index contributed by atoms with van der Waals surface area (Å²) in [5.41, 5.74) is 2.33. The number of morpholine rings is 1. The maximum atomic E-state index is 6.51. The first-order valence-electron chi connectivity index (χ1n) is 22.7. The largest absolute Gasteiger partial charge is 0.487 e. The Morgan fingerprint density at radius 3 is 1.89 bits per heavy atom. The lowest BCUT2D eigenvalue weighted by molar-refractivity contribution is -0.0852. The zero-order valence-electron chi connectivity index (χ0n) is 38.3. The van der Waals surface area contributed by atoms with Crippen molar-refractivity contribution >= 4 is 23.2 Å². The van der Waals surface area contributed by atoms with Crippen molar-refractivity contribution in [2.75, 3.05) is 118 Å². The molecule has 3 atom stereocenters. The Balaban J connectivity index is 0.937. The lowest BCUT2D eigenvalue weighted by Gasteiger charge is -2.42. The standard InChI is InChI=1S/C44H67ClN10O10/c1-33-28-53(29-34(2)64-33)38-6-8-39(9-7-38)55-31-41(43(50-55)63-24-23-62-22-21-61-20-19-60-18-17-59-16-15-58-14-13-57-12-11-56-4)49-44-46-26-37(27-47-44)36-5-10-40(45)42(25-36)65-35(3)30-54-32-48-51-52-54/h5,10,25-27,31-35,38-39H,6-9,11-24,28-30H2,1-4H3,(H,46,47,49)/t33-,34+,35-,38?,39?/m0/s1. The molecule has 0 unspecified atom stereocenters. The Labute approximate surface area is 386 Å². The van der Waals surface area contributed by atoms with Gasteiger partial charge in [0.15, 0.2) is 0 Å². The van der Waals surface area contributed by atoms with Gasteiger partial charge in [0.05, 0.1) is 122 Å². The molecule has 1 aliphatic carbocycles. The molecule has 1 aliphatic heterocycles. The van der Waals surface area contributed by atoms with E-state index in [2.05, 4.69) is 49.6 Å². The van der Waals surface area contributed by atoms with Crippen molar-refractivity contribution in [3.05, 3.63) is 48.1 Å². The minimum atomic E-state index is -0.229. The highest BCUT2D eigenvalue weighted by Crippen LogP contribution is 2.36. The van der Waals surface area contributed by atoms with Crippen molar-refractivity contribution < 1.29 is 47.4 Å². The number of rotatable bonds is 31. The Bertz CT molecular complexity index is 1880. The van der Waals surface area contributed by atoms with Gasteiger partial charge in [0.1, 0.15) is 30.5 Å². The summed E-state index contributed by atoms with van der Waals surface area (Å²) in [7, 11) is 1.65. The number of methoxy groups -OCH3 is 1. The van der Waals surface area contributed by atoms with Gasteiger partial charge in [0.25, 0.3) is 5.88 Å². The highest BCUT2D eigenvalue weighted by molar-refractivity contribution is 6.32. The molecule has 3 aromatic heterocycles. The number of nitrogens with zero attached hydrogens (tertiary/aromatic N) is 9. The Hall–Kier alpha value is -4.09. The SMILES string of the molecule is COCCOCCOCCOCCOCCOCCOCCOc1nn(C2CCC(N3C[C@@H](C)O[C@@H](C)C3)CC2)cc1Nc1ncc(-c2ccc(Cl)c(O[C@@H](C)Cn3cnnn3)c2)cn1. The second-order valence-electron chi connectivity index (χ2n) is 16.0. The third kappa shape index (κ3) is 17.6. The van der Waals surface area contributed by atoms with E-state index in [0.717, 1.165) is 49.9 Å². The van der Waals surface area contributed by atoms with Crippen molar-refractivity contribution in [2.45, 2.75) is 83.4 Å². The minimum Gasteiger partial charge on any atom is -0.487 e. The van der Waals surface area contributed by atoms with Gasteiger partial charge in [-0.1, -0.05) is 17.7 Å². The highest BCUT2D eigenvalue weighted by atomic mass is 35.5. The number of halogens is 1. The van der Waals surface area contributed by atoms with E-state index in [1.165, 1.54) is 0 Å². The van der Waals surface area contributed by atoms with Crippen LogP contribution in [0.15, 0.2) is 43.1 Å². The Morgan fingerprint density at radius 2 is 1.32 bits per heavy atom. The van der Waals surface area contributed by atoms with Crippen LogP contribution in [0.1, 0.15) is 52.5 Å². The van der Waals surface area contributed by atoms with Crippen molar-refractivity contribution in [2.24, 2.45) is 0 Å². The Morgan fingerprint density at radius 1 is 0.754 bits per heavy atom. The molecule has 2 fully saturated rings. The smallest absolute Gasteiger partial charge is 0.257 e. The van der Waals surface area contributed by atoms with E-state index < -0.39 is 0 Å². The van der Waals surface area contributed by atoms with Gasteiger partial charge in [0.2, 0.25) is 5.95 Å². The number of ether oxygens (including phenoxy) is 10. The number of hydrogen-bond acceptors (Lipinski definition) is 18. The van der Waals surface area contributed by atoms with E-state index in [4.69, 9.17) is 64.1 Å². The molecule has 1 aromatic carbocycles. The number of anilines is 2. The fraction of sp³-hybridized carbons (Fsp3) is 0.682. The number of hydrogen-bond donors (Lipinski definition) is 1. The summed E-state index contributed by atoms with van der Waals surface area (Å²) in [6, 6.07) is 6.37. The monoisotopic (exact) mass is 930 g/mol. The van der Waals surface area contributed by atoms with Crippen LogP contribution in [0.25, 0.3) is 11.1 Å². The maximum absolute atomic E-state index is 6.51. The van der Waals surface area contributed by atoms with Crippen LogP contribution >= 0.6 is 11.6 Å². The second kappa shape index (κ2) is 28.2. The molecule has 4 aromatic rings. The molecule has 65 heavy (non-hydrogen) atoms. The van der Waals surface area contributed by atoms with Crippen molar-refractivity contribution in [1.29, 1.82) is 0 Å². The van der Waals surface area contributed by atoms with Crippen LogP contribution in [0.4, 0.5) is 11.6 Å². The van der Waals surface area contributed by atoms with E-state index in [1.54, 1.807) is 36.6 Å². The molecule has 360 valence electrons. The predicted octanol–water partition coefficient (Wildman–Crippen LogP) is 4.91. The van der Waals surface area contributed by atoms with Crippen LogP contribution in [-0.2, 0) is 44.4 Å². The molecule has 2 aliphatic rings. The van der Waals surface area contributed by atoms with Crippen molar-refractivity contribution in [3.63, 3.8) is 0 Å². The van der Waals surface area contributed by atoms with Gasteiger partial charge in [-0.25, -0.2) is 14.6 Å². The molecule has 0 amide bonds. The molecule has 6 rings (SSSR count). The molecule has 21 heteroatoms. The summed E-state index contributed by atoms with van der Waals surface area (Å²) in [5.74, 6) is 1.41. The van der Waals surface area contributed by atoms with Gasteiger partial charge in [-0.05, 0) is 74.6 Å². The van der Waals surface area contributed by atoms with E-state index in [9.17, 15) is 0 Å². The lowest BCUT2D eigenvalue weighted by atomic mass is 9.89. The van der Waals surface area contributed by atoms with Crippen LogP contribution < -0.4 is 14.8 Å². The first kappa shape index (κ1) is 50.3. The lowest BCUT2D eigenvalue weighted by Crippen LogP contribution is -2.51. The first-order chi connectivity index (χ1) is 31.8. The zero-order chi connectivity index (χ0) is 45.5. The number of tetrazole rings is 1. The molecular formula is C44H67ClN10O10. The fourth-order valence-corrected chi connectivity index (χ4v) is 7.88. The third-order valence-corrected chi connectivity index (χ3v) is 11.1. The maximum Gasteiger partial charge on any atom is 0.257 e. The molecule has 1 saturated carbocycles. The fourth-order valence-electron chi connectivity index (χ4n) is 7.72.